The maximum absolute atomic E-state index is 5.89. The summed E-state index contributed by atoms with van der Waals surface area (Å²) in [5.74, 6) is 2.41. The first kappa shape index (κ1) is 18.0. The lowest BCUT2D eigenvalue weighted by Gasteiger charge is -2.54. The summed E-state index contributed by atoms with van der Waals surface area (Å²) in [6, 6.07) is 6.46. The number of nitrogens with zero attached hydrogens (tertiary/aromatic N) is 3. The Balaban J connectivity index is 1.68. The zero-order valence-electron chi connectivity index (χ0n) is 16.0. The molecule has 1 aliphatic heterocycles. The second-order valence-corrected chi connectivity index (χ2v) is 7.76. The van der Waals surface area contributed by atoms with E-state index in [9.17, 15) is 0 Å². The molecule has 2 N–H and O–H groups in total. The van der Waals surface area contributed by atoms with Crippen molar-refractivity contribution >= 4 is 11.8 Å². The molecule has 2 fully saturated rings. The summed E-state index contributed by atoms with van der Waals surface area (Å²) in [6.45, 7) is 8.94. The van der Waals surface area contributed by atoms with E-state index < -0.39 is 0 Å². The lowest BCUT2D eigenvalue weighted by molar-refractivity contribution is -0.106. The molecule has 0 spiro atoms. The largest absolute Gasteiger partial charge is 0.377 e. The zero-order chi connectivity index (χ0) is 18.0. The van der Waals surface area contributed by atoms with E-state index in [1.165, 1.54) is 0 Å². The number of nitrogens with one attached hydrogen (secondary N) is 2. The van der Waals surface area contributed by atoms with Gasteiger partial charge in [0.15, 0.2) is 5.96 Å². The number of aromatic nitrogens is 1. The maximum Gasteiger partial charge on any atom is 0.191 e. The molecule has 1 saturated heterocycles. The molecule has 1 aliphatic carbocycles. The summed E-state index contributed by atoms with van der Waals surface area (Å²) < 4.78 is 5.89. The van der Waals surface area contributed by atoms with Crippen LogP contribution in [0, 0.1) is 11.3 Å². The maximum atomic E-state index is 5.89. The molecule has 3 rings (SSSR count). The van der Waals surface area contributed by atoms with Crippen molar-refractivity contribution in [1.29, 1.82) is 0 Å². The molecule has 1 saturated carbocycles. The third kappa shape index (κ3) is 3.59. The summed E-state index contributed by atoms with van der Waals surface area (Å²) in [7, 11) is 4.00. The average Bonchev–Trinajstić information content (AvgIpc) is 3.04. The van der Waals surface area contributed by atoms with Crippen LogP contribution < -0.4 is 15.5 Å². The van der Waals surface area contributed by atoms with Gasteiger partial charge in [-0.25, -0.2) is 9.98 Å². The number of hydrogen-bond acceptors (Lipinski definition) is 4. The van der Waals surface area contributed by atoms with Crippen molar-refractivity contribution in [3.05, 3.63) is 23.9 Å². The van der Waals surface area contributed by atoms with Gasteiger partial charge in [-0.2, -0.15) is 0 Å². The molecule has 25 heavy (non-hydrogen) atoms. The highest BCUT2D eigenvalue weighted by Crippen LogP contribution is 2.52. The normalized spacial score (nSPS) is 27.4. The van der Waals surface area contributed by atoms with Gasteiger partial charge in [0.2, 0.25) is 0 Å². The van der Waals surface area contributed by atoms with Gasteiger partial charge in [-0.1, -0.05) is 19.9 Å². The van der Waals surface area contributed by atoms with Gasteiger partial charge in [-0.15, -0.1) is 0 Å². The third-order valence-electron chi connectivity index (χ3n) is 5.39. The number of rotatable bonds is 5. The van der Waals surface area contributed by atoms with Gasteiger partial charge in [-0.3, -0.25) is 0 Å². The topological polar surface area (TPSA) is 61.8 Å². The lowest BCUT2D eigenvalue weighted by Crippen LogP contribution is -2.67. The Morgan fingerprint density at radius 2 is 2.20 bits per heavy atom. The Kier molecular flexibility index (Phi) is 5.18. The van der Waals surface area contributed by atoms with Crippen LogP contribution in [-0.2, 0) is 11.3 Å². The van der Waals surface area contributed by atoms with Crippen molar-refractivity contribution in [2.24, 2.45) is 16.3 Å². The van der Waals surface area contributed by atoms with E-state index in [2.05, 4.69) is 36.4 Å². The van der Waals surface area contributed by atoms with E-state index in [0.717, 1.165) is 37.0 Å². The summed E-state index contributed by atoms with van der Waals surface area (Å²) in [6.07, 6.45) is 1.52. The minimum Gasteiger partial charge on any atom is -0.377 e. The van der Waals surface area contributed by atoms with E-state index in [-0.39, 0.29) is 5.41 Å². The summed E-state index contributed by atoms with van der Waals surface area (Å²) >= 11 is 0. The van der Waals surface area contributed by atoms with Crippen LogP contribution in [0.2, 0.25) is 0 Å². The molecule has 0 aromatic carbocycles. The Morgan fingerprint density at radius 3 is 2.92 bits per heavy atom. The van der Waals surface area contributed by atoms with E-state index in [0.29, 0.717) is 24.6 Å². The van der Waals surface area contributed by atoms with Gasteiger partial charge in [-0.05, 0) is 25.5 Å². The van der Waals surface area contributed by atoms with Crippen molar-refractivity contribution in [3.8, 4) is 0 Å². The Hall–Kier alpha value is -1.82. The highest BCUT2D eigenvalue weighted by Gasteiger charge is 2.59. The molecule has 1 aromatic heterocycles. The summed E-state index contributed by atoms with van der Waals surface area (Å²) in [5, 5.41) is 7.01. The SMILES string of the molecule is CCNC(=NCc1cccc(N(C)C)n1)NC1C2CCOC2C1(C)C. The molecular weight excluding hydrogens is 314 g/mol. The van der Waals surface area contributed by atoms with Crippen LogP contribution in [0.15, 0.2) is 23.2 Å². The van der Waals surface area contributed by atoms with Gasteiger partial charge >= 0.3 is 0 Å². The minimum absolute atomic E-state index is 0.139. The lowest BCUT2D eigenvalue weighted by atomic mass is 9.57. The Labute approximate surface area is 151 Å². The molecule has 2 heterocycles. The van der Waals surface area contributed by atoms with Crippen LogP contribution in [0.5, 0.6) is 0 Å². The van der Waals surface area contributed by atoms with Gasteiger partial charge in [0, 0.05) is 44.6 Å². The average molecular weight is 345 g/mol. The predicted molar refractivity (Wildman–Crippen MR) is 102 cm³/mol. The van der Waals surface area contributed by atoms with Crippen LogP contribution in [0.25, 0.3) is 0 Å². The number of fused-ring (bicyclic) bond motifs is 1. The molecule has 1 aromatic rings. The van der Waals surface area contributed by atoms with Crippen molar-refractivity contribution < 1.29 is 4.74 Å². The van der Waals surface area contributed by atoms with Crippen LogP contribution in [0.4, 0.5) is 5.82 Å². The Bertz CT molecular complexity index is 628. The second-order valence-electron chi connectivity index (χ2n) is 7.76. The zero-order valence-corrected chi connectivity index (χ0v) is 16.0. The first-order valence-corrected chi connectivity index (χ1v) is 9.23. The van der Waals surface area contributed by atoms with Gasteiger partial charge in [0.25, 0.3) is 0 Å². The number of guanidine groups is 1. The smallest absolute Gasteiger partial charge is 0.191 e. The molecule has 2 aliphatic rings. The van der Waals surface area contributed by atoms with Crippen molar-refractivity contribution in [2.45, 2.75) is 45.9 Å². The fraction of sp³-hybridized carbons (Fsp3) is 0.684. The van der Waals surface area contributed by atoms with Crippen LogP contribution >= 0.6 is 0 Å². The molecule has 3 unspecified atom stereocenters. The highest BCUT2D eigenvalue weighted by molar-refractivity contribution is 5.80. The Morgan fingerprint density at radius 1 is 1.40 bits per heavy atom. The standard InChI is InChI=1S/C19H31N5O/c1-6-20-18(21-12-13-8-7-9-15(22-13)24(4)5)23-16-14-10-11-25-17(14)19(16,2)3/h7-9,14,16-17H,6,10-12H2,1-5H3,(H2,20,21,23). The fourth-order valence-electron chi connectivity index (χ4n) is 4.05. The van der Waals surface area contributed by atoms with Gasteiger partial charge in [0.05, 0.1) is 18.3 Å². The molecule has 6 nitrogen and oxygen atoms in total. The van der Waals surface area contributed by atoms with E-state index in [4.69, 9.17) is 9.73 Å². The first-order chi connectivity index (χ1) is 11.9. The molecular formula is C19H31N5O. The van der Waals surface area contributed by atoms with Crippen LogP contribution in [0.3, 0.4) is 0 Å². The fourth-order valence-corrected chi connectivity index (χ4v) is 4.05. The highest BCUT2D eigenvalue weighted by atomic mass is 16.5. The predicted octanol–water partition coefficient (Wildman–Crippen LogP) is 2.02. The molecule has 0 bridgehead atoms. The quantitative estimate of drug-likeness (QED) is 0.631. The van der Waals surface area contributed by atoms with E-state index in [1.54, 1.807) is 0 Å². The number of ether oxygens (including phenoxy) is 1. The third-order valence-corrected chi connectivity index (χ3v) is 5.39. The number of aliphatic imine (C=N–C) groups is 1. The molecule has 0 radical (unpaired) electrons. The molecule has 3 atom stereocenters. The minimum atomic E-state index is 0.139. The monoisotopic (exact) mass is 345 g/mol. The molecule has 6 heteroatoms. The summed E-state index contributed by atoms with van der Waals surface area (Å²) in [5.41, 5.74) is 1.11. The van der Waals surface area contributed by atoms with Crippen molar-refractivity contribution in [3.63, 3.8) is 0 Å². The second kappa shape index (κ2) is 7.20. The van der Waals surface area contributed by atoms with E-state index >= 15 is 0 Å². The molecule has 0 amide bonds. The number of anilines is 1. The molecule has 138 valence electrons. The number of hydrogen-bond donors (Lipinski definition) is 2. The van der Waals surface area contributed by atoms with Gasteiger partial charge in [0.1, 0.15) is 5.82 Å². The van der Waals surface area contributed by atoms with Crippen molar-refractivity contribution in [2.75, 3.05) is 32.1 Å². The van der Waals surface area contributed by atoms with Gasteiger partial charge < -0.3 is 20.3 Å². The first-order valence-electron chi connectivity index (χ1n) is 9.23. The number of pyridine rings is 1. The summed E-state index contributed by atoms with van der Waals surface area (Å²) in [4.78, 5) is 11.4. The van der Waals surface area contributed by atoms with Crippen molar-refractivity contribution in [1.82, 2.24) is 15.6 Å². The van der Waals surface area contributed by atoms with E-state index in [1.807, 2.05) is 37.2 Å². The van der Waals surface area contributed by atoms with Crippen LogP contribution in [-0.4, -0.2) is 50.3 Å². The van der Waals surface area contributed by atoms with Crippen LogP contribution in [0.1, 0.15) is 32.9 Å².